The fraction of sp³-hybridized carbons (Fsp3) is 0.500. The highest BCUT2D eigenvalue weighted by molar-refractivity contribution is 5.79. The first-order valence-electron chi connectivity index (χ1n) is 7.48. The molecule has 1 aromatic rings. The molecule has 2 atom stereocenters. The third-order valence-electron chi connectivity index (χ3n) is 3.98. The number of hydrogen-bond acceptors (Lipinski definition) is 3. The predicted molar refractivity (Wildman–Crippen MR) is 78.4 cm³/mol. The monoisotopic (exact) mass is 345 g/mol. The van der Waals surface area contributed by atoms with Gasteiger partial charge >= 0.3 is 12.1 Å². The zero-order valence-electron chi connectivity index (χ0n) is 13.0. The number of carboxylic acid groups (broad SMARTS) is 1. The topological polar surface area (TPSA) is 66.8 Å². The molecule has 8 heteroatoms. The summed E-state index contributed by atoms with van der Waals surface area (Å²) in [4.78, 5) is 24.6. The van der Waals surface area contributed by atoms with Crippen molar-refractivity contribution in [3.63, 3.8) is 0 Å². The number of hydrogen-bond donors (Lipinski definition) is 1. The van der Waals surface area contributed by atoms with Crippen molar-refractivity contribution in [3.05, 3.63) is 35.4 Å². The average molecular weight is 345 g/mol. The first-order valence-corrected chi connectivity index (χ1v) is 7.48. The van der Waals surface area contributed by atoms with Crippen molar-refractivity contribution in [2.24, 2.45) is 0 Å². The van der Waals surface area contributed by atoms with Gasteiger partial charge in [0.1, 0.15) is 0 Å². The summed E-state index contributed by atoms with van der Waals surface area (Å²) in [6.07, 6.45) is -5.33. The first-order chi connectivity index (χ1) is 11.2. The van der Waals surface area contributed by atoms with Crippen molar-refractivity contribution in [3.8, 4) is 0 Å². The number of morpholine rings is 1. The highest BCUT2D eigenvalue weighted by Gasteiger charge is 2.31. The number of carbonyl (C=O) groups excluding carboxylic acids is 1. The number of rotatable bonds is 4. The van der Waals surface area contributed by atoms with Crippen LogP contribution in [-0.4, -0.2) is 47.7 Å². The van der Waals surface area contributed by atoms with Crippen LogP contribution in [0.1, 0.15) is 30.4 Å². The third-order valence-corrected chi connectivity index (χ3v) is 3.98. The summed E-state index contributed by atoms with van der Waals surface area (Å²) < 4.78 is 42.7. The lowest BCUT2D eigenvalue weighted by Crippen LogP contribution is -2.48. The smallest absolute Gasteiger partial charge is 0.416 e. The van der Waals surface area contributed by atoms with Crippen molar-refractivity contribution in [1.29, 1.82) is 0 Å². The molecule has 1 fully saturated rings. The van der Waals surface area contributed by atoms with Gasteiger partial charge in [0.05, 0.1) is 18.7 Å². The molecule has 0 saturated carbocycles. The molecule has 0 aromatic heterocycles. The van der Waals surface area contributed by atoms with Crippen LogP contribution >= 0.6 is 0 Å². The molecule has 132 valence electrons. The standard InChI is InChI=1S/C16H18F3NO4/c1-10(11-2-4-12(5-3-11)16(17,18)19)8-14(21)20-6-7-24-13(9-20)15(22)23/h2-5,10,13H,6-9H2,1H3,(H,22,23)/t10-,13+/m1/s1. The molecule has 5 nitrogen and oxygen atoms in total. The van der Waals surface area contributed by atoms with E-state index in [-0.39, 0.29) is 31.4 Å². The van der Waals surface area contributed by atoms with Crippen LogP contribution in [0.15, 0.2) is 24.3 Å². The predicted octanol–water partition coefficient (Wildman–Crippen LogP) is 2.51. The molecule has 0 aliphatic carbocycles. The van der Waals surface area contributed by atoms with Crippen molar-refractivity contribution < 1.29 is 32.6 Å². The van der Waals surface area contributed by atoms with E-state index in [1.54, 1.807) is 6.92 Å². The molecule has 0 spiro atoms. The van der Waals surface area contributed by atoms with Gasteiger partial charge in [-0.25, -0.2) is 4.79 Å². The summed E-state index contributed by atoms with van der Waals surface area (Å²) in [6, 6.07) is 4.71. The summed E-state index contributed by atoms with van der Waals surface area (Å²) >= 11 is 0. The van der Waals surface area contributed by atoms with Crippen molar-refractivity contribution in [2.45, 2.75) is 31.5 Å². The minimum absolute atomic E-state index is 0.0199. The van der Waals surface area contributed by atoms with Gasteiger partial charge in [-0.15, -0.1) is 0 Å². The van der Waals surface area contributed by atoms with Crippen LogP contribution < -0.4 is 0 Å². The average Bonchev–Trinajstić information content (AvgIpc) is 2.54. The molecule has 0 unspecified atom stereocenters. The lowest BCUT2D eigenvalue weighted by molar-refractivity contribution is -0.159. The van der Waals surface area contributed by atoms with Gasteiger partial charge in [0.15, 0.2) is 6.10 Å². The molecular weight excluding hydrogens is 327 g/mol. The van der Waals surface area contributed by atoms with Crippen LogP contribution in [0.2, 0.25) is 0 Å². The Hall–Kier alpha value is -2.09. The van der Waals surface area contributed by atoms with E-state index in [0.717, 1.165) is 12.1 Å². The zero-order valence-corrected chi connectivity index (χ0v) is 13.0. The van der Waals surface area contributed by atoms with E-state index in [4.69, 9.17) is 9.84 Å². The van der Waals surface area contributed by atoms with Crippen LogP contribution in [-0.2, 0) is 20.5 Å². The van der Waals surface area contributed by atoms with E-state index in [0.29, 0.717) is 12.1 Å². The van der Waals surface area contributed by atoms with Crippen LogP contribution in [0.5, 0.6) is 0 Å². The summed E-state index contributed by atoms with van der Waals surface area (Å²) in [5.74, 6) is -1.63. The van der Waals surface area contributed by atoms with Gasteiger partial charge in [0.2, 0.25) is 5.91 Å². The molecule has 0 radical (unpaired) electrons. The molecule has 1 aromatic carbocycles. The number of amides is 1. The third kappa shape index (κ3) is 4.47. The number of alkyl halides is 3. The van der Waals surface area contributed by atoms with Crippen LogP contribution in [0.3, 0.4) is 0 Å². The molecule has 1 saturated heterocycles. The number of halogens is 3. The Bertz CT molecular complexity index is 600. The Labute approximate surface area is 137 Å². The molecule has 1 aliphatic rings. The summed E-state index contributed by atoms with van der Waals surface area (Å²) in [5.41, 5.74) is -0.110. The summed E-state index contributed by atoms with van der Waals surface area (Å²) in [5, 5.41) is 8.93. The van der Waals surface area contributed by atoms with Crippen LogP contribution in [0, 0.1) is 0 Å². The van der Waals surface area contributed by atoms with Gasteiger partial charge in [-0.1, -0.05) is 19.1 Å². The zero-order chi connectivity index (χ0) is 17.9. The first kappa shape index (κ1) is 18.3. The summed E-state index contributed by atoms with van der Waals surface area (Å²) in [6.45, 7) is 2.18. The van der Waals surface area contributed by atoms with Crippen molar-refractivity contribution >= 4 is 11.9 Å². The second-order valence-corrected chi connectivity index (χ2v) is 5.76. The van der Waals surface area contributed by atoms with E-state index in [1.165, 1.54) is 17.0 Å². The molecule has 1 amide bonds. The summed E-state index contributed by atoms with van der Waals surface area (Å²) in [7, 11) is 0. The molecule has 2 rings (SSSR count). The number of carbonyl (C=O) groups is 2. The number of benzene rings is 1. The SMILES string of the molecule is C[C@H](CC(=O)N1CCO[C@H](C(=O)O)C1)c1ccc(C(F)(F)F)cc1. The van der Waals surface area contributed by atoms with E-state index in [2.05, 4.69) is 0 Å². The lowest BCUT2D eigenvalue weighted by Gasteiger charge is -2.31. The molecule has 0 bridgehead atoms. The number of carboxylic acids is 1. The lowest BCUT2D eigenvalue weighted by atomic mass is 9.96. The van der Waals surface area contributed by atoms with Gasteiger partial charge in [0, 0.05) is 13.0 Å². The van der Waals surface area contributed by atoms with Crippen LogP contribution in [0.4, 0.5) is 13.2 Å². The van der Waals surface area contributed by atoms with Gasteiger partial charge in [-0.2, -0.15) is 13.2 Å². The number of ether oxygens (including phenoxy) is 1. The Morgan fingerprint density at radius 1 is 1.33 bits per heavy atom. The minimum atomic E-state index is -4.39. The maximum absolute atomic E-state index is 12.6. The largest absolute Gasteiger partial charge is 0.479 e. The van der Waals surface area contributed by atoms with Gasteiger partial charge in [-0.05, 0) is 23.6 Å². The highest BCUT2D eigenvalue weighted by Crippen LogP contribution is 2.30. The molecule has 1 aliphatic heterocycles. The molecule has 1 heterocycles. The van der Waals surface area contributed by atoms with Gasteiger partial charge in [0.25, 0.3) is 0 Å². The second kappa shape index (κ2) is 7.21. The minimum Gasteiger partial charge on any atom is -0.479 e. The highest BCUT2D eigenvalue weighted by atomic mass is 19.4. The van der Waals surface area contributed by atoms with E-state index in [9.17, 15) is 22.8 Å². The fourth-order valence-corrected chi connectivity index (χ4v) is 2.53. The van der Waals surface area contributed by atoms with E-state index >= 15 is 0 Å². The maximum atomic E-state index is 12.6. The normalized spacial score (nSPS) is 19.8. The molecule has 24 heavy (non-hydrogen) atoms. The molecule has 1 N–H and O–H groups in total. The van der Waals surface area contributed by atoms with E-state index < -0.39 is 23.8 Å². The Morgan fingerprint density at radius 3 is 2.50 bits per heavy atom. The van der Waals surface area contributed by atoms with Gasteiger partial charge in [-0.3, -0.25) is 4.79 Å². The second-order valence-electron chi connectivity index (χ2n) is 5.76. The van der Waals surface area contributed by atoms with Crippen LogP contribution in [0.25, 0.3) is 0 Å². The maximum Gasteiger partial charge on any atom is 0.416 e. The number of aliphatic carboxylic acids is 1. The Morgan fingerprint density at radius 2 is 1.96 bits per heavy atom. The Kier molecular flexibility index (Phi) is 5.48. The van der Waals surface area contributed by atoms with Gasteiger partial charge < -0.3 is 14.7 Å². The van der Waals surface area contributed by atoms with E-state index in [1.807, 2.05) is 0 Å². The Balaban J connectivity index is 1.97. The van der Waals surface area contributed by atoms with Crippen molar-refractivity contribution in [2.75, 3.05) is 19.7 Å². The fourth-order valence-electron chi connectivity index (χ4n) is 2.53. The number of nitrogens with zero attached hydrogens (tertiary/aromatic N) is 1. The molecular formula is C16H18F3NO4. The quantitative estimate of drug-likeness (QED) is 0.911. The van der Waals surface area contributed by atoms with Crippen molar-refractivity contribution in [1.82, 2.24) is 4.90 Å².